The normalized spacial score (nSPS) is 10.3. The standard InChI is InChI=1S/C16H13N3OS/c20-14(11-12-7-3-1-4-8-12)17-16-18-15(19-21-16)13-9-5-2-6-10-13/h1-10H,11H2,(H,17,18,19,20). The Labute approximate surface area is 126 Å². The first kappa shape index (κ1) is 13.5. The fourth-order valence-corrected chi connectivity index (χ4v) is 2.53. The van der Waals surface area contributed by atoms with Crippen LogP contribution >= 0.6 is 11.5 Å². The molecule has 1 amide bonds. The Morgan fingerprint density at radius 3 is 2.38 bits per heavy atom. The number of nitrogens with zero attached hydrogens (tertiary/aromatic N) is 2. The Morgan fingerprint density at radius 2 is 1.67 bits per heavy atom. The molecule has 0 radical (unpaired) electrons. The predicted octanol–water partition coefficient (Wildman–Crippen LogP) is 3.39. The van der Waals surface area contributed by atoms with Crippen LogP contribution < -0.4 is 5.32 Å². The molecule has 0 aliphatic heterocycles. The minimum Gasteiger partial charge on any atom is -0.300 e. The topological polar surface area (TPSA) is 54.9 Å². The lowest BCUT2D eigenvalue weighted by Crippen LogP contribution is -2.14. The minimum absolute atomic E-state index is 0.0861. The maximum absolute atomic E-state index is 12.0. The smallest absolute Gasteiger partial charge is 0.230 e. The molecule has 1 heterocycles. The lowest BCUT2D eigenvalue weighted by Gasteiger charge is -2.01. The summed E-state index contributed by atoms with van der Waals surface area (Å²) < 4.78 is 4.26. The number of anilines is 1. The van der Waals surface area contributed by atoms with Crippen LogP contribution in [-0.4, -0.2) is 15.3 Å². The van der Waals surface area contributed by atoms with Crippen molar-refractivity contribution in [2.75, 3.05) is 5.32 Å². The summed E-state index contributed by atoms with van der Waals surface area (Å²) in [5.74, 6) is 0.549. The van der Waals surface area contributed by atoms with Crippen LogP contribution in [0.4, 0.5) is 5.13 Å². The highest BCUT2D eigenvalue weighted by molar-refractivity contribution is 7.10. The van der Waals surface area contributed by atoms with Gasteiger partial charge in [0.15, 0.2) is 5.82 Å². The lowest BCUT2D eigenvalue weighted by atomic mass is 10.1. The Hall–Kier alpha value is -2.53. The van der Waals surface area contributed by atoms with Crippen molar-refractivity contribution in [3.63, 3.8) is 0 Å². The maximum atomic E-state index is 12.0. The van der Waals surface area contributed by atoms with Crippen LogP contribution in [0.2, 0.25) is 0 Å². The van der Waals surface area contributed by atoms with Gasteiger partial charge >= 0.3 is 0 Å². The largest absolute Gasteiger partial charge is 0.300 e. The van der Waals surface area contributed by atoms with Gasteiger partial charge in [-0.25, -0.2) is 0 Å². The van der Waals surface area contributed by atoms with Crippen LogP contribution in [0, 0.1) is 0 Å². The quantitative estimate of drug-likeness (QED) is 0.802. The van der Waals surface area contributed by atoms with Crippen LogP contribution in [0.25, 0.3) is 11.4 Å². The van der Waals surface area contributed by atoms with E-state index in [9.17, 15) is 4.79 Å². The molecule has 0 spiro atoms. The SMILES string of the molecule is O=C(Cc1ccccc1)Nc1nc(-c2ccccc2)ns1. The molecule has 0 aliphatic carbocycles. The van der Waals surface area contributed by atoms with Gasteiger partial charge in [-0.1, -0.05) is 60.7 Å². The number of nitrogens with one attached hydrogen (secondary N) is 1. The first-order valence-electron chi connectivity index (χ1n) is 6.54. The minimum atomic E-state index is -0.0861. The predicted molar refractivity (Wildman–Crippen MR) is 84.1 cm³/mol. The van der Waals surface area contributed by atoms with E-state index in [0.29, 0.717) is 17.4 Å². The van der Waals surface area contributed by atoms with E-state index in [1.807, 2.05) is 60.7 Å². The fourth-order valence-electron chi connectivity index (χ4n) is 1.92. The molecular weight excluding hydrogens is 282 g/mol. The molecule has 0 unspecified atom stereocenters. The molecule has 21 heavy (non-hydrogen) atoms. The number of benzene rings is 2. The molecule has 3 aromatic rings. The molecule has 0 saturated heterocycles. The summed E-state index contributed by atoms with van der Waals surface area (Å²) in [6, 6.07) is 19.3. The second-order valence-electron chi connectivity index (χ2n) is 4.50. The molecule has 2 aromatic carbocycles. The van der Waals surface area contributed by atoms with Gasteiger partial charge in [0.25, 0.3) is 0 Å². The van der Waals surface area contributed by atoms with Crippen molar-refractivity contribution in [3.8, 4) is 11.4 Å². The lowest BCUT2D eigenvalue weighted by molar-refractivity contribution is -0.115. The van der Waals surface area contributed by atoms with Crippen molar-refractivity contribution < 1.29 is 4.79 Å². The number of hydrogen-bond acceptors (Lipinski definition) is 4. The van der Waals surface area contributed by atoms with Crippen molar-refractivity contribution in [2.45, 2.75) is 6.42 Å². The molecule has 3 rings (SSSR count). The van der Waals surface area contributed by atoms with Crippen molar-refractivity contribution in [3.05, 3.63) is 66.2 Å². The van der Waals surface area contributed by atoms with E-state index in [0.717, 1.165) is 11.1 Å². The highest BCUT2D eigenvalue weighted by atomic mass is 32.1. The van der Waals surface area contributed by atoms with E-state index in [2.05, 4.69) is 14.7 Å². The average Bonchev–Trinajstić information content (AvgIpc) is 2.97. The van der Waals surface area contributed by atoms with Crippen molar-refractivity contribution in [1.82, 2.24) is 9.36 Å². The highest BCUT2D eigenvalue weighted by Crippen LogP contribution is 2.20. The van der Waals surface area contributed by atoms with E-state index in [-0.39, 0.29) is 5.91 Å². The van der Waals surface area contributed by atoms with Gasteiger partial charge in [-0.15, -0.1) is 0 Å². The third-order valence-corrected chi connectivity index (χ3v) is 3.54. The van der Waals surface area contributed by atoms with Crippen LogP contribution in [-0.2, 0) is 11.2 Å². The van der Waals surface area contributed by atoms with Gasteiger partial charge in [-0.2, -0.15) is 9.36 Å². The monoisotopic (exact) mass is 295 g/mol. The summed E-state index contributed by atoms with van der Waals surface area (Å²) in [5.41, 5.74) is 1.92. The van der Waals surface area contributed by atoms with Gasteiger partial charge in [0.1, 0.15) is 0 Å². The van der Waals surface area contributed by atoms with E-state index >= 15 is 0 Å². The Bertz CT molecular complexity index is 726. The Kier molecular flexibility index (Phi) is 4.02. The second kappa shape index (κ2) is 6.28. The van der Waals surface area contributed by atoms with Gasteiger partial charge in [-0.3, -0.25) is 4.79 Å². The summed E-state index contributed by atoms with van der Waals surface area (Å²) in [7, 11) is 0. The maximum Gasteiger partial charge on any atom is 0.230 e. The summed E-state index contributed by atoms with van der Waals surface area (Å²) >= 11 is 1.19. The van der Waals surface area contributed by atoms with Gasteiger partial charge in [0.2, 0.25) is 11.0 Å². The fraction of sp³-hybridized carbons (Fsp3) is 0.0625. The summed E-state index contributed by atoms with van der Waals surface area (Å²) in [6.45, 7) is 0. The van der Waals surface area contributed by atoms with E-state index in [1.54, 1.807) is 0 Å². The molecule has 0 aliphatic rings. The molecule has 4 nitrogen and oxygen atoms in total. The van der Waals surface area contributed by atoms with Crippen LogP contribution in [0.5, 0.6) is 0 Å². The Balaban J connectivity index is 1.66. The van der Waals surface area contributed by atoms with E-state index in [4.69, 9.17) is 0 Å². The zero-order valence-corrected chi connectivity index (χ0v) is 12.0. The third-order valence-electron chi connectivity index (χ3n) is 2.91. The molecule has 1 N–H and O–H groups in total. The van der Waals surface area contributed by atoms with Crippen molar-refractivity contribution >= 4 is 22.6 Å². The second-order valence-corrected chi connectivity index (χ2v) is 5.25. The summed E-state index contributed by atoms with van der Waals surface area (Å²) in [6.07, 6.45) is 0.334. The molecule has 5 heteroatoms. The first-order chi connectivity index (χ1) is 10.3. The van der Waals surface area contributed by atoms with Crippen LogP contribution in [0.1, 0.15) is 5.56 Å². The van der Waals surface area contributed by atoms with Crippen LogP contribution in [0.3, 0.4) is 0 Å². The molecule has 0 saturated carbocycles. The van der Waals surface area contributed by atoms with Crippen LogP contribution in [0.15, 0.2) is 60.7 Å². The van der Waals surface area contributed by atoms with Crippen molar-refractivity contribution in [2.24, 2.45) is 0 Å². The molecule has 0 fully saturated rings. The molecule has 0 atom stereocenters. The average molecular weight is 295 g/mol. The third kappa shape index (κ3) is 3.52. The number of rotatable bonds is 4. The molecule has 0 bridgehead atoms. The molecule has 1 aromatic heterocycles. The summed E-state index contributed by atoms with van der Waals surface area (Å²) in [5, 5.41) is 3.31. The van der Waals surface area contributed by atoms with E-state index in [1.165, 1.54) is 11.5 Å². The number of carbonyl (C=O) groups is 1. The summed E-state index contributed by atoms with van der Waals surface area (Å²) in [4.78, 5) is 16.3. The number of amides is 1. The molecular formula is C16H13N3OS. The zero-order valence-electron chi connectivity index (χ0n) is 11.2. The number of carbonyl (C=O) groups excluding carboxylic acids is 1. The first-order valence-corrected chi connectivity index (χ1v) is 7.31. The van der Waals surface area contributed by atoms with Gasteiger partial charge < -0.3 is 5.32 Å². The van der Waals surface area contributed by atoms with Gasteiger partial charge in [0.05, 0.1) is 6.42 Å². The zero-order chi connectivity index (χ0) is 14.5. The van der Waals surface area contributed by atoms with Gasteiger partial charge in [0, 0.05) is 17.1 Å². The number of aromatic nitrogens is 2. The highest BCUT2D eigenvalue weighted by Gasteiger charge is 2.09. The van der Waals surface area contributed by atoms with Gasteiger partial charge in [-0.05, 0) is 5.56 Å². The Morgan fingerprint density at radius 1 is 1.00 bits per heavy atom. The molecule has 104 valence electrons. The van der Waals surface area contributed by atoms with E-state index < -0.39 is 0 Å². The van der Waals surface area contributed by atoms with Crippen molar-refractivity contribution in [1.29, 1.82) is 0 Å². The number of hydrogen-bond donors (Lipinski definition) is 1.